The normalized spacial score (nSPS) is 20.7. The molecular weight excluding hydrogens is 438 g/mol. The van der Waals surface area contributed by atoms with E-state index in [1.807, 2.05) is 31.2 Å². The van der Waals surface area contributed by atoms with E-state index in [1.54, 1.807) is 16.2 Å². The molecule has 0 aliphatic carbocycles. The smallest absolute Gasteiger partial charge is 0.273 e. The highest BCUT2D eigenvalue weighted by molar-refractivity contribution is 7.22. The Morgan fingerprint density at radius 1 is 1.12 bits per heavy atom. The Morgan fingerprint density at radius 3 is 2.61 bits per heavy atom. The van der Waals surface area contributed by atoms with Crippen LogP contribution in [-0.2, 0) is 9.53 Å². The van der Waals surface area contributed by atoms with Crippen molar-refractivity contribution in [3.8, 4) is 11.5 Å². The maximum absolute atomic E-state index is 13.9. The number of nitrogens with zero attached hydrogens (tertiary/aromatic N) is 3. The van der Waals surface area contributed by atoms with Crippen molar-refractivity contribution in [3.63, 3.8) is 0 Å². The molecule has 0 N–H and O–H groups in total. The topological polar surface area (TPSA) is 64.1 Å². The van der Waals surface area contributed by atoms with Crippen LogP contribution in [0.4, 0.5) is 5.13 Å². The predicted octanol–water partition coefficient (Wildman–Crippen LogP) is 3.81. The summed E-state index contributed by atoms with van der Waals surface area (Å²) in [6, 6.07) is 11.7. The van der Waals surface area contributed by atoms with Crippen LogP contribution in [0.2, 0.25) is 0 Å². The molecule has 5 rings (SSSR count). The minimum absolute atomic E-state index is 0.126. The van der Waals surface area contributed by atoms with Crippen LogP contribution in [-0.4, -0.2) is 67.4 Å². The van der Waals surface area contributed by atoms with Gasteiger partial charge in [-0.25, -0.2) is 4.98 Å². The van der Waals surface area contributed by atoms with Gasteiger partial charge in [0, 0.05) is 26.2 Å². The SMILES string of the molecule is Cc1ccc2sc(N(CCN3CCOCC3)C(=O)C3Oc4ccccc4OC3C)nc2c1C. The third-order valence-electron chi connectivity index (χ3n) is 6.40. The Bertz CT molecular complexity index is 1160. The summed E-state index contributed by atoms with van der Waals surface area (Å²) in [6.45, 7) is 10.5. The number of aromatic nitrogens is 1. The zero-order valence-electron chi connectivity index (χ0n) is 19.2. The fraction of sp³-hybridized carbons (Fsp3) is 0.440. The van der Waals surface area contributed by atoms with Crippen molar-refractivity contribution in [3.05, 3.63) is 47.5 Å². The first-order valence-corrected chi connectivity index (χ1v) is 12.2. The predicted molar refractivity (Wildman–Crippen MR) is 130 cm³/mol. The van der Waals surface area contributed by atoms with E-state index in [0.29, 0.717) is 23.2 Å². The third-order valence-corrected chi connectivity index (χ3v) is 7.44. The van der Waals surface area contributed by atoms with Gasteiger partial charge >= 0.3 is 0 Å². The number of morpholine rings is 1. The molecule has 2 aliphatic rings. The van der Waals surface area contributed by atoms with Crippen LogP contribution in [0, 0.1) is 13.8 Å². The zero-order valence-corrected chi connectivity index (χ0v) is 20.1. The third kappa shape index (κ3) is 4.43. The average molecular weight is 468 g/mol. The first-order chi connectivity index (χ1) is 16.0. The molecule has 7 nitrogen and oxygen atoms in total. The van der Waals surface area contributed by atoms with Crippen molar-refractivity contribution in [2.75, 3.05) is 44.3 Å². The van der Waals surface area contributed by atoms with Crippen LogP contribution >= 0.6 is 11.3 Å². The molecule has 0 spiro atoms. The molecule has 2 atom stereocenters. The van der Waals surface area contributed by atoms with Gasteiger partial charge in [-0.15, -0.1) is 0 Å². The highest BCUT2D eigenvalue weighted by atomic mass is 32.1. The van der Waals surface area contributed by atoms with Crippen LogP contribution < -0.4 is 14.4 Å². The standard InChI is InChI=1S/C25H29N3O4S/c1-16-8-9-21-22(17(16)2)26-25(33-21)28(11-10-27-12-14-30-15-13-27)24(29)23-18(3)31-19-6-4-5-7-20(19)32-23/h4-9,18,23H,10-15H2,1-3H3. The highest BCUT2D eigenvalue weighted by Crippen LogP contribution is 2.36. The zero-order chi connectivity index (χ0) is 22.9. The maximum atomic E-state index is 13.9. The van der Waals surface area contributed by atoms with Crippen LogP contribution in [0.25, 0.3) is 10.2 Å². The number of hydrogen-bond donors (Lipinski definition) is 0. The first-order valence-electron chi connectivity index (χ1n) is 11.4. The lowest BCUT2D eigenvalue weighted by atomic mass is 10.1. The lowest BCUT2D eigenvalue weighted by Gasteiger charge is -2.35. The summed E-state index contributed by atoms with van der Waals surface area (Å²) in [5, 5.41) is 0.701. The van der Waals surface area contributed by atoms with Gasteiger partial charge in [-0.1, -0.05) is 29.5 Å². The number of thiazole rings is 1. The number of rotatable bonds is 5. The molecule has 0 saturated carbocycles. The molecule has 3 heterocycles. The lowest BCUT2D eigenvalue weighted by molar-refractivity contribution is -0.130. The molecule has 1 saturated heterocycles. The van der Waals surface area contributed by atoms with Crippen LogP contribution in [0.15, 0.2) is 36.4 Å². The summed E-state index contributed by atoms with van der Waals surface area (Å²) >= 11 is 1.55. The van der Waals surface area contributed by atoms with Crippen molar-refractivity contribution in [1.82, 2.24) is 9.88 Å². The van der Waals surface area contributed by atoms with Crippen molar-refractivity contribution in [2.45, 2.75) is 33.0 Å². The minimum Gasteiger partial charge on any atom is -0.482 e. The largest absolute Gasteiger partial charge is 0.482 e. The number of carbonyl (C=O) groups is 1. The number of benzene rings is 2. The fourth-order valence-corrected chi connectivity index (χ4v) is 5.30. The van der Waals surface area contributed by atoms with E-state index >= 15 is 0 Å². The minimum atomic E-state index is -0.737. The van der Waals surface area contributed by atoms with Gasteiger partial charge in [-0.05, 0) is 50.1 Å². The number of hydrogen-bond acceptors (Lipinski definition) is 7. The summed E-state index contributed by atoms with van der Waals surface area (Å²) in [5.74, 6) is 1.14. The number of fused-ring (bicyclic) bond motifs is 2. The second-order valence-electron chi connectivity index (χ2n) is 8.60. The number of amides is 1. The molecular formula is C25H29N3O4S. The molecule has 0 radical (unpaired) electrons. The molecule has 2 unspecified atom stereocenters. The Balaban J connectivity index is 1.45. The Morgan fingerprint density at radius 2 is 1.85 bits per heavy atom. The van der Waals surface area contributed by atoms with Crippen LogP contribution in [0.1, 0.15) is 18.1 Å². The number of para-hydroxylation sites is 2. The van der Waals surface area contributed by atoms with E-state index in [1.165, 1.54) is 5.56 Å². The van der Waals surface area contributed by atoms with Gasteiger partial charge < -0.3 is 14.2 Å². The van der Waals surface area contributed by atoms with Gasteiger partial charge in [-0.3, -0.25) is 14.6 Å². The summed E-state index contributed by atoms with van der Waals surface area (Å²) < 4.78 is 18.7. The summed E-state index contributed by atoms with van der Waals surface area (Å²) in [5.41, 5.74) is 3.30. The van der Waals surface area contributed by atoms with E-state index in [2.05, 4.69) is 30.9 Å². The molecule has 2 aliphatic heterocycles. The summed E-state index contributed by atoms with van der Waals surface area (Å²) in [7, 11) is 0. The molecule has 3 aromatic rings. The average Bonchev–Trinajstić information content (AvgIpc) is 3.26. The Kier molecular flexibility index (Phi) is 6.23. The quantitative estimate of drug-likeness (QED) is 0.569. The van der Waals surface area contributed by atoms with Crippen molar-refractivity contribution in [2.24, 2.45) is 0 Å². The van der Waals surface area contributed by atoms with E-state index in [0.717, 1.165) is 48.6 Å². The van der Waals surface area contributed by atoms with Gasteiger partial charge in [0.25, 0.3) is 5.91 Å². The van der Waals surface area contributed by atoms with E-state index in [4.69, 9.17) is 19.2 Å². The van der Waals surface area contributed by atoms with Crippen LogP contribution in [0.3, 0.4) is 0 Å². The summed E-state index contributed by atoms with van der Waals surface area (Å²) in [6.07, 6.45) is -1.14. The van der Waals surface area contributed by atoms with E-state index < -0.39 is 12.2 Å². The molecule has 2 aromatic carbocycles. The van der Waals surface area contributed by atoms with Gasteiger partial charge in [0.05, 0.1) is 23.4 Å². The fourth-order valence-electron chi connectivity index (χ4n) is 4.24. The second-order valence-corrected chi connectivity index (χ2v) is 9.61. The van der Waals surface area contributed by atoms with Gasteiger partial charge in [0.1, 0.15) is 6.10 Å². The van der Waals surface area contributed by atoms with Crippen molar-refractivity contribution < 1.29 is 19.0 Å². The molecule has 0 bridgehead atoms. The second kappa shape index (κ2) is 9.29. The number of carbonyl (C=O) groups excluding carboxylic acids is 1. The first kappa shape index (κ1) is 22.1. The van der Waals surface area contributed by atoms with Gasteiger partial charge in [0.2, 0.25) is 6.10 Å². The lowest BCUT2D eigenvalue weighted by Crippen LogP contribution is -2.52. The molecule has 174 valence electrons. The van der Waals surface area contributed by atoms with Gasteiger partial charge in [0.15, 0.2) is 16.6 Å². The Hall–Kier alpha value is -2.68. The van der Waals surface area contributed by atoms with Gasteiger partial charge in [-0.2, -0.15) is 0 Å². The van der Waals surface area contributed by atoms with Crippen molar-refractivity contribution in [1.29, 1.82) is 0 Å². The molecule has 1 amide bonds. The van der Waals surface area contributed by atoms with E-state index in [-0.39, 0.29) is 5.91 Å². The van der Waals surface area contributed by atoms with Crippen LogP contribution in [0.5, 0.6) is 11.5 Å². The number of aryl methyl sites for hydroxylation is 2. The number of ether oxygens (including phenoxy) is 3. The summed E-state index contributed by atoms with van der Waals surface area (Å²) in [4.78, 5) is 22.9. The maximum Gasteiger partial charge on any atom is 0.273 e. The highest BCUT2D eigenvalue weighted by Gasteiger charge is 2.38. The van der Waals surface area contributed by atoms with Crippen molar-refractivity contribution >= 4 is 32.6 Å². The molecule has 1 fully saturated rings. The van der Waals surface area contributed by atoms with E-state index in [9.17, 15) is 4.79 Å². The Labute approximate surface area is 197 Å². The number of anilines is 1. The molecule has 8 heteroatoms. The monoisotopic (exact) mass is 467 g/mol. The molecule has 33 heavy (non-hydrogen) atoms. The molecule has 1 aromatic heterocycles.